The molecule has 1 aliphatic heterocycles. The second-order valence-electron chi connectivity index (χ2n) is 6.65. The molecule has 144 valence electrons. The Morgan fingerprint density at radius 2 is 1.77 bits per heavy atom. The highest BCUT2D eigenvalue weighted by Crippen LogP contribution is 2.22. The summed E-state index contributed by atoms with van der Waals surface area (Å²) in [5.74, 6) is 2.07. The van der Waals surface area contributed by atoms with Crippen molar-refractivity contribution in [3.63, 3.8) is 0 Å². The van der Waals surface area contributed by atoms with Gasteiger partial charge < -0.3 is 19.9 Å². The lowest BCUT2D eigenvalue weighted by molar-refractivity contribution is -0.130. The Kier molecular flexibility index (Phi) is 7.75. The van der Waals surface area contributed by atoms with Gasteiger partial charge in [-0.1, -0.05) is 18.2 Å². The monoisotopic (exact) mass is 360 g/mol. The summed E-state index contributed by atoms with van der Waals surface area (Å²) in [5, 5.41) is 3.35. The lowest BCUT2D eigenvalue weighted by atomic mass is 10.1. The smallest absolute Gasteiger partial charge is 0.219 e. The zero-order valence-electron chi connectivity index (χ0n) is 16.5. The summed E-state index contributed by atoms with van der Waals surface area (Å²) < 4.78 is 5.95. The van der Waals surface area contributed by atoms with E-state index in [1.54, 1.807) is 6.92 Å². The van der Waals surface area contributed by atoms with Crippen molar-refractivity contribution in [1.29, 1.82) is 0 Å². The van der Waals surface area contributed by atoms with Crippen LogP contribution in [0.25, 0.3) is 0 Å². The topological polar surface area (TPSA) is 57.2 Å². The number of para-hydroxylation sites is 1. The van der Waals surface area contributed by atoms with Crippen LogP contribution < -0.4 is 10.1 Å². The van der Waals surface area contributed by atoms with Crippen LogP contribution in [0.5, 0.6) is 5.75 Å². The maximum atomic E-state index is 11.5. The number of aryl methyl sites for hydroxylation is 2. The van der Waals surface area contributed by atoms with Gasteiger partial charge in [0.1, 0.15) is 5.75 Å². The number of ether oxygens (including phenoxy) is 1. The SMILES string of the molecule is CCNC(=NCCCOc1c(C)cccc1C)N1CCN(C(C)=O)CC1. The highest BCUT2D eigenvalue weighted by Gasteiger charge is 2.20. The molecule has 1 N–H and O–H groups in total. The van der Waals surface area contributed by atoms with Crippen LogP contribution in [-0.2, 0) is 4.79 Å². The minimum Gasteiger partial charge on any atom is -0.493 e. The van der Waals surface area contributed by atoms with E-state index in [9.17, 15) is 4.79 Å². The first-order chi connectivity index (χ1) is 12.5. The van der Waals surface area contributed by atoms with E-state index in [1.165, 1.54) is 11.1 Å². The molecule has 0 bridgehead atoms. The Morgan fingerprint density at radius 1 is 1.15 bits per heavy atom. The Bertz CT molecular complexity index is 602. The van der Waals surface area contributed by atoms with Gasteiger partial charge in [-0.2, -0.15) is 0 Å². The number of aliphatic imine (C=N–C) groups is 1. The number of benzene rings is 1. The first-order valence-electron chi connectivity index (χ1n) is 9.50. The molecule has 2 rings (SSSR count). The van der Waals surface area contributed by atoms with Gasteiger partial charge in [0, 0.05) is 52.6 Å². The van der Waals surface area contributed by atoms with E-state index in [2.05, 4.69) is 49.2 Å². The van der Waals surface area contributed by atoms with Crippen molar-refractivity contribution in [3.05, 3.63) is 29.3 Å². The predicted octanol–water partition coefficient (Wildman–Crippen LogP) is 2.20. The number of nitrogens with zero attached hydrogens (tertiary/aromatic N) is 3. The normalized spacial score (nSPS) is 15.2. The van der Waals surface area contributed by atoms with Crippen LogP contribution in [0.3, 0.4) is 0 Å². The van der Waals surface area contributed by atoms with Crippen molar-refractivity contribution in [3.8, 4) is 5.75 Å². The van der Waals surface area contributed by atoms with Crippen LogP contribution in [-0.4, -0.2) is 67.5 Å². The summed E-state index contributed by atoms with van der Waals surface area (Å²) in [6, 6.07) is 6.20. The Morgan fingerprint density at radius 3 is 2.35 bits per heavy atom. The lowest BCUT2D eigenvalue weighted by Gasteiger charge is -2.36. The van der Waals surface area contributed by atoms with E-state index < -0.39 is 0 Å². The van der Waals surface area contributed by atoms with E-state index >= 15 is 0 Å². The molecular weight excluding hydrogens is 328 g/mol. The van der Waals surface area contributed by atoms with Crippen LogP contribution >= 0.6 is 0 Å². The van der Waals surface area contributed by atoms with Gasteiger partial charge in [0.15, 0.2) is 5.96 Å². The fraction of sp³-hybridized carbons (Fsp3) is 0.600. The van der Waals surface area contributed by atoms with Gasteiger partial charge in [-0.15, -0.1) is 0 Å². The molecule has 0 spiro atoms. The molecule has 26 heavy (non-hydrogen) atoms. The fourth-order valence-corrected chi connectivity index (χ4v) is 3.11. The zero-order chi connectivity index (χ0) is 18.9. The quantitative estimate of drug-likeness (QED) is 0.480. The molecule has 0 unspecified atom stereocenters. The molecule has 1 aliphatic rings. The molecule has 1 aromatic carbocycles. The van der Waals surface area contributed by atoms with E-state index in [1.807, 2.05) is 4.90 Å². The summed E-state index contributed by atoms with van der Waals surface area (Å²) in [6.07, 6.45) is 0.871. The molecule has 1 aromatic rings. The summed E-state index contributed by atoms with van der Waals surface area (Å²) in [7, 11) is 0. The Labute approximate surface area is 157 Å². The van der Waals surface area contributed by atoms with E-state index in [0.29, 0.717) is 6.61 Å². The fourth-order valence-electron chi connectivity index (χ4n) is 3.11. The second kappa shape index (κ2) is 10.0. The zero-order valence-corrected chi connectivity index (χ0v) is 16.5. The molecule has 1 heterocycles. The van der Waals surface area contributed by atoms with E-state index in [-0.39, 0.29) is 5.91 Å². The minimum absolute atomic E-state index is 0.148. The molecule has 0 atom stereocenters. The van der Waals surface area contributed by atoms with Crippen LogP contribution in [0.15, 0.2) is 23.2 Å². The third-order valence-electron chi connectivity index (χ3n) is 4.58. The number of guanidine groups is 1. The molecule has 6 nitrogen and oxygen atoms in total. The number of piperazine rings is 1. The summed E-state index contributed by atoms with van der Waals surface area (Å²) >= 11 is 0. The Balaban J connectivity index is 1.81. The molecule has 0 saturated carbocycles. The second-order valence-corrected chi connectivity index (χ2v) is 6.65. The van der Waals surface area contributed by atoms with Crippen molar-refractivity contribution >= 4 is 11.9 Å². The molecule has 1 amide bonds. The summed E-state index contributed by atoms with van der Waals surface area (Å²) in [4.78, 5) is 20.3. The van der Waals surface area contributed by atoms with Crippen molar-refractivity contribution in [1.82, 2.24) is 15.1 Å². The number of carbonyl (C=O) groups excluding carboxylic acids is 1. The highest BCUT2D eigenvalue weighted by molar-refractivity contribution is 5.80. The molecule has 0 radical (unpaired) electrons. The molecule has 1 fully saturated rings. The highest BCUT2D eigenvalue weighted by atomic mass is 16.5. The number of hydrogen-bond acceptors (Lipinski definition) is 3. The average Bonchev–Trinajstić information content (AvgIpc) is 2.62. The average molecular weight is 361 g/mol. The Hall–Kier alpha value is -2.24. The number of rotatable bonds is 6. The maximum Gasteiger partial charge on any atom is 0.219 e. The number of hydrogen-bond donors (Lipinski definition) is 1. The molecule has 0 aliphatic carbocycles. The van der Waals surface area contributed by atoms with Crippen molar-refractivity contribution < 1.29 is 9.53 Å². The van der Waals surface area contributed by atoms with Gasteiger partial charge in [0.25, 0.3) is 0 Å². The maximum absolute atomic E-state index is 11.5. The van der Waals surface area contributed by atoms with Gasteiger partial charge in [0.05, 0.1) is 6.61 Å². The molecule has 1 saturated heterocycles. The van der Waals surface area contributed by atoms with Crippen LogP contribution in [0.1, 0.15) is 31.4 Å². The van der Waals surface area contributed by atoms with Crippen molar-refractivity contribution in [2.45, 2.75) is 34.1 Å². The van der Waals surface area contributed by atoms with Gasteiger partial charge >= 0.3 is 0 Å². The first kappa shape index (κ1) is 20.1. The third-order valence-corrected chi connectivity index (χ3v) is 4.58. The summed E-state index contributed by atoms with van der Waals surface area (Å²) in [5.41, 5.74) is 2.34. The number of carbonyl (C=O) groups is 1. The first-order valence-corrected chi connectivity index (χ1v) is 9.50. The largest absolute Gasteiger partial charge is 0.493 e. The molecular formula is C20H32N4O2. The van der Waals surface area contributed by atoms with Crippen LogP contribution in [0, 0.1) is 13.8 Å². The predicted molar refractivity (Wildman–Crippen MR) is 106 cm³/mol. The van der Waals surface area contributed by atoms with Gasteiger partial charge in [-0.3, -0.25) is 9.79 Å². The lowest BCUT2D eigenvalue weighted by Crippen LogP contribution is -2.53. The van der Waals surface area contributed by atoms with Crippen molar-refractivity contribution in [2.75, 3.05) is 45.9 Å². The number of amides is 1. The van der Waals surface area contributed by atoms with Crippen LogP contribution in [0.4, 0.5) is 0 Å². The number of nitrogens with one attached hydrogen (secondary N) is 1. The minimum atomic E-state index is 0.148. The van der Waals surface area contributed by atoms with Crippen LogP contribution in [0.2, 0.25) is 0 Å². The summed E-state index contributed by atoms with van der Waals surface area (Å²) in [6.45, 7) is 13.2. The molecule has 6 heteroatoms. The standard InChI is InChI=1S/C20H32N4O2/c1-5-21-20(24-13-11-23(12-14-24)18(4)25)22-10-7-15-26-19-16(2)8-6-9-17(19)3/h6,8-9H,5,7,10-15H2,1-4H3,(H,21,22). The van der Waals surface area contributed by atoms with Gasteiger partial charge in [-0.25, -0.2) is 0 Å². The van der Waals surface area contributed by atoms with E-state index in [0.717, 1.165) is 57.4 Å². The van der Waals surface area contributed by atoms with Crippen molar-refractivity contribution in [2.24, 2.45) is 4.99 Å². The molecule has 0 aromatic heterocycles. The third kappa shape index (κ3) is 5.64. The van der Waals surface area contributed by atoms with Gasteiger partial charge in [-0.05, 0) is 31.9 Å². The van der Waals surface area contributed by atoms with E-state index in [4.69, 9.17) is 9.73 Å². The van der Waals surface area contributed by atoms with Gasteiger partial charge in [0.2, 0.25) is 5.91 Å².